The summed E-state index contributed by atoms with van der Waals surface area (Å²) in [7, 11) is 0. The smallest absolute Gasteiger partial charge is 0.226 e. The van der Waals surface area contributed by atoms with Gasteiger partial charge in [0, 0.05) is 18.7 Å². The lowest BCUT2D eigenvalue weighted by molar-refractivity contribution is -0.118. The molecule has 1 amide bonds. The average molecular weight is 218 g/mol. The van der Waals surface area contributed by atoms with Crippen LogP contribution in [-0.2, 0) is 11.2 Å². The fourth-order valence-corrected chi connectivity index (χ4v) is 2.15. The minimum atomic E-state index is 0.235. The highest BCUT2D eigenvalue weighted by molar-refractivity contribution is 5.95. The third kappa shape index (κ3) is 2.25. The van der Waals surface area contributed by atoms with Gasteiger partial charge in [-0.05, 0) is 37.4 Å². The van der Waals surface area contributed by atoms with Gasteiger partial charge in [0.2, 0.25) is 5.91 Å². The van der Waals surface area contributed by atoms with Crippen LogP contribution in [0.4, 0.5) is 5.69 Å². The predicted molar refractivity (Wildman–Crippen MR) is 65.4 cm³/mol. The summed E-state index contributed by atoms with van der Waals surface area (Å²) in [5.74, 6) is 0.235. The fourth-order valence-electron chi connectivity index (χ4n) is 2.15. The first-order chi connectivity index (χ1) is 7.83. The molecule has 16 heavy (non-hydrogen) atoms. The summed E-state index contributed by atoms with van der Waals surface area (Å²) >= 11 is 0. The van der Waals surface area contributed by atoms with E-state index < -0.39 is 0 Å². The molecule has 0 saturated carbocycles. The van der Waals surface area contributed by atoms with E-state index in [0.29, 0.717) is 13.0 Å². The fraction of sp³-hybridized carbons (Fsp3) is 0.462. The zero-order chi connectivity index (χ0) is 11.4. The maximum absolute atomic E-state index is 12.0. The molecule has 1 aromatic rings. The molecule has 1 aliphatic heterocycles. The second kappa shape index (κ2) is 5.12. The van der Waals surface area contributed by atoms with Gasteiger partial charge < -0.3 is 10.6 Å². The maximum atomic E-state index is 12.0. The number of benzene rings is 1. The zero-order valence-corrected chi connectivity index (χ0v) is 9.48. The molecule has 3 heteroatoms. The van der Waals surface area contributed by atoms with Crippen LogP contribution < -0.4 is 10.6 Å². The molecule has 0 aromatic heterocycles. The summed E-state index contributed by atoms with van der Waals surface area (Å²) in [6.07, 6.45) is 3.43. The molecule has 86 valence electrons. The number of carbonyl (C=O) groups is 1. The molecule has 1 aromatic carbocycles. The number of unbranched alkanes of at least 4 members (excludes halogenated alkanes) is 1. The Hall–Kier alpha value is -1.35. The van der Waals surface area contributed by atoms with Crippen molar-refractivity contribution in [3.05, 3.63) is 29.8 Å². The summed E-state index contributed by atoms with van der Waals surface area (Å²) in [6, 6.07) is 8.15. The van der Waals surface area contributed by atoms with Crippen LogP contribution in [0.3, 0.4) is 0 Å². The summed E-state index contributed by atoms with van der Waals surface area (Å²) in [5.41, 5.74) is 7.80. The van der Waals surface area contributed by atoms with Gasteiger partial charge in [-0.2, -0.15) is 0 Å². The molecule has 2 rings (SSSR count). The van der Waals surface area contributed by atoms with E-state index in [4.69, 9.17) is 5.73 Å². The van der Waals surface area contributed by atoms with Gasteiger partial charge in [0.05, 0.1) is 0 Å². The first kappa shape index (κ1) is 11.1. The summed E-state index contributed by atoms with van der Waals surface area (Å²) < 4.78 is 0. The Balaban J connectivity index is 1.99. The van der Waals surface area contributed by atoms with Gasteiger partial charge in [0.25, 0.3) is 0 Å². The Morgan fingerprint density at radius 1 is 1.31 bits per heavy atom. The van der Waals surface area contributed by atoms with Crippen LogP contribution in [0.25, 0.3) is 0 Å². The second-order valence-corrected chi connectivity index (χ2v) is 4.17. The van der Waals surface area contributed by atoms with E-state index in [9.17, 15) is 4.79 Å². The standard InChI is InChI=1S/C13H18N2O/c14-9-4-3-7-13(16)15-10-8-11-5-1-2-6-12(11)15/h1-2,5-6H,3-4,7-10,14H2. The minimum absolute atomic E-state index is 0.235. The number of fused-ring (bicyclic) bond motifs is 1. The molecule has 2 N–H and O–H groups in total. The zero-order valence-electron chi connectivity index (χ0n) is 9.48. The van der Waals surface area contributed by atoms with Gasteiger partial charge in [-0.1, -0.05) is 18.2 Å². The molecular weight excluding hydrogens is 200 g/mol. The van der Waals surface area contributed by atoms with Gasteiger partial charge in [0.1, 0.15) is 0 Å². The molecular formula is C13H18N2O. The van der Waals surface area contributed by atoms with Crippen molar-refractivity contribution in [3.8, 4) is 0 Å². The molecule has 0 bridgehead atoms. The van der Waals surface area contributed by atoms with Crippen molar-refractivity contribution in [1.82, 2.24) is 0 Å². The number of nitrogens with zero attached hydrogens (tertiary/aromatic N) is 1. The first-order valence-electron chi connectivity index (χ1n) is 5.91. The van der Waals surface area contributed by atoms with Crippen LogP contribution in [-0.4, -0.2) is 19.0 Å². The Morgan fingerprint density at radius 2 is 2.12 bits per heavy atom. The largest absolute Gasteiger partial charge is 0.330 e. The number of carbonyl (C=O) groups excluding carboxylic acids is 1. The minimum Gasteiger partial charge on any atom is -0.330 e. The lowest BCUT2D eigenvalue weighted by Crippen LogP contribution is -2.28. The highest BCUT2D eigenvalue weighted by Crippen LogP contribution is 2.28. The van der Waals surface area contributed by atoms with Crippen molar-refractivity contribution in [2.45, 2.75) is 25.7 Å². The molecule has 0 unspecified atom stereocenters. The average Bonchev–Trinajstić information content (AvgIpc) is 2.73. The molecule has 0 radical (unpaired) electrons. The number of para-hydroxylation sites is 1. The third-order valence-corrected chi connectivity index (χ3v) is 3.03. The monoisotopic (exact) mass is 218 g/mol. The van der Waals surface area contributed by atoms with Crippen LogP contribution in [0.1, 0.15) is 24.8 Å². The Bertz CT molecular complexity index is 376. The molecule has 0 aliphatic carbocycles. The van der Waals surface area contributed by atoms with Crippen molar-refractivity contribution in [3.63, 3.8) is 0 Å². The second-order valence-electron chi connectivity index (χ2n) is 4.17. The molecule has 1 aliphatic rings. The topological polar surface area (TPSA) is 46.3 Å². The number of nitrogens with two attached hydrogens (primary N) is 1. The normalized spacial score (nSPS) is 13.9. The van der Waals surface area contributed by atoms with Crippen LogP contribution in [0.15, 0.2) is 24.3 Å². The van der Waals surface area contributed by atoms with Crippen LogP contribution in [0.5, 0.6) is 0 Å². The van der Waals surface area contributed by atoms with Crippen molar-refractivity contribution >= 4 is 11.6 Å². The van der Waals surface area contributed by atoms with Gasteiger partial charge in [0.15, 0.2) is 0 Å². The predicted octanol–water partition coefficient (Wildman–Crippen LogP) is 1.70. The summed E-state index contributed by atoms with van der Waals surface area (Å²) in [4.78, 5) is 13.9. The Labute approximate surface area is 96.2 Å². The van der Waals surface area contributed by atoms with Gasteiger partial charge in [-0.25, -0.2) is 0 Å². The van der Waals surface area contributed by atoms with E-state index in [1.165, 1.54) is 5.56 Å². The van der Waals surface area contributed by atoms with Crippen molar-refractivity contribution in [2.24, 2.45) is 5.73 Å². The summed E-state index contributed by atoms with van der Waals surface area (Å²) in [6.45, 7) is 1.50. The van der Waals surface area contributed by atoms with Crippen molar-refractivity contribution in [2.75, 3.05) is 18.0 Å². The number of rotatable bonds is 4. The van der Waals surface area contributed by atoms with Crippen molar-refractivity contribution < 1.29 is 4.79 Å². The lowest BCUT2D eigenvalue weighted by Gasteiger charge is -2.17. The molecule has 3 nitrogen and oxygen atoms in total. The Kier molecular flexibility index (Phi) is 3.57. The number of hydrogen-bond donors (Lipinski definition) is 1. The molecule has 0 saturated heterocycles. The van der Waals surface area contributed by atoms with E-state index in [-0.39, 0.29) is 5.91 Å². The van der Waals surface area contributed by atoms with E-state index >= 15 is 0 Å². The first-order valence-corrected chi connectivity index (χ1v) is 5.91. The van der Waals surface area contributed by atoms with E-state index in [2.05, 4.69) is 6.07 Å². The third-order valence-electron chi connectivity index (χ3n) is 3.03. The maximum Gasteiger partial charge on any atom is 0.226 e. The van der Waals surface area contributed by atoms with E-state index in [0.717, 1.165) is 31.5 Å². The van der Waals surface area contributed by atoms with Gasteiger partial charge >= 0.3 is 0 Å². The molecule has 0 fully saturated rings. The SMILES string of the molecule is NCCCCC(=O)N1CCc2ccccc21. The van der Waals surface area contributed by atoms with Crippen LogP contribution in [0.2, 0.25) is 0 Å². The van der Waals surface area contributed by atoms with Gasteiger partial charge in [-0.15, -0.1) is 0 Å². The molecule has 1 heterocycles. The number of anilines is 1. The van der Waals surface area contributed by atoms with Crippen LogP contribution >= 0.6 is 0 Å². The highest BCUT2D eigenvalue weighted by Gasteiger charge is 2.23. The van der Waals surface area contributed by atoms with Crippen LogP contribution in [0, 0.1) is 0 Å². The van der Waals surface area contributed by atoms with E-state index in [1.54, 1.807) is 0 Å². The Morgan fingerprint density at radius 3 is 2.94 bits per heavy atom. The number of amides is 1. The number of hydrogen-bond acceptors (Lipinski definition) is 2. The summed E-state index contributed by atoms with van der Waals surface area (Å²) in [5, 5.41) is 0. The van der Waals surface area contributed by atoms with Gasteiger partial charge in [-0.3, -0.25) is 4.79 Å². The molecule has 0 atom stereocenters. The lowest BCUT2D eigenvalue weighted by atomic mass is 10.2. The quantitative estimate of drug-likeness (QED) is 0.782. The van der Waals surface area contributed by atoms with E-state index in [1.807, 2.05) is 23.1 Å². The molecule has 0 spiro atoms. The highest BCUT2D eigenvalue weighted by atomic mass is 16.2. The van der Waals surface area contributed by atoms with Crippen molar-refractivity contribution in [1.29, 1.82) is 0 Å².